The first kappa shape index (κ1) is 15.4. The molecule has 1 rings (SSSR count). The smallest absolute Gasteiger partial charge is 0.141 e. The molecule has 0 unspecified atom stereocenters. The van der Waals surface area contributed by atoms with E-state index in [1.165, 1.54) is 6.07 Å². The maximum atomic E-state index is 13.1. The second-order valence-corrected chi connectivity index (χ2v) is 4.82. The molecule has 2 nitrogen and oxygen atoms in total. The molecule has 0 radical (unpaired) electrons. The summed E-state index contributed by atoms with van der Waals surface area (Å²) in [7, 11) is 0. The molecule has 0 bridgehead atoms. The van der Waals surface area contributed by atoms with Crippen molar-refractivity contribution >= 4 is 11.6 Å². The Morgan fingerprint density at radius 1 is 1.33 bits per heavy atom. The lowest BCUT2D eigenvalue weighted by Crippen LogP contribution is -2.36. The fourth-order valence-corrected chi connectivity index (χ4v) is 2.40. The topological polar surface area (TPSA) is 23.5 Å². The minimum absolute atomic E-state index is 0.130. The Morgan fingerprint density at radius 2 is 2.00 bits per heavy atom. The van der Waals surface area contributed by atoms with Crippen LogP contribution in [0.15, 0.2) is 18.2 Å². The summed E-state index contributed by atoms with van der Waals surface area (Å²) in [5.74, 6) is -0.392. The number of aliphatic hydroxyl groups is 1. The Balaban J connectivity index is 2.78. The lowest BCUT2D eigenvalue weighted by Gasteiger charge is -2.29. The van der Waals surface area contributed by atoms with Crippen molar-refractivity contribution in [3.63, 3.8) is 0 Å². The molecule has 102 valence electrons. The van der Waals surface area contributed by atoms with Crippen molar-refractivity contribution < 1.29 is 9.50 Å². The number of rotatable bonds is 7. The van der Waals surface area contributed by atoms with E-state index in [-0.39, 0.29) is 11.6 Å². The zero-order chi connectivity index (χ0) is 13.5. The fraction of sp³-hybridized carbons (Fsp3) is 0.571. The fourth-order valence-electron chi connectivity index (χ4n) is 2.20. The summed E-state index contributed by atoms with van der Waals surface area (Å²) in [5, 5.41) is 9.28. The van der Waals surface area contributed by atoms with Gasteiger partial charge in [0.2, 0.25) is 0 Å². The highest BCUT2D eigenvalue weighted by molar-refractivity contribution is 6.30. The van der Waals surface area contributed by atoms with Gasteiger partial charge >= 0.3 is 0 Å². The van der Waals surface area contributed by atoms with Gasteiger partial charge in [-0.05, 0) is 30.5 Å². The van der Waals surface area contributed by atoms with Gasteiger partial charge in [0.1, 0.15) is 5.82 Å². The molecular weight excluding hydrogens is 253 g/mol. The number of hydrogen-bond acceptors (Lipinski definition) is 2. The monoisotopic (exact) mass is 273 g/mol. The van der Waals surface area contributed by atoms with E-state index in [4.69, 9.17) is 16.7 Å². The van der Waals surface area contributed by atoms with E-state index in [0.29, 0.717) is 19.1 Å². The lowest BCUT2D eigenvalue weighted by molar-refractivity contribution is 0.136. The molecule has 0 amide bonds. The summed E-state index contributed by atoms with van der Waals surface area (Å²) >= 11 is 5.78. The van der Waals surface area contributed by atoms with Crippen molar-refractivity contribution in [3.05, 3.63) is 34.6 Å². The van der Waals surface area contributed by atoms with E-state index in [2.05, 4.69) is 18.7 Å². The molecule has 18 heavy (non-hydrogen) atoms. The first-order valence-corrected chi connectivity index (χ1v) is 6.79. The van der Waals surface area contributed by atoms with Crippen molar-refractivity contribution in [2.75, 3.05) is 13.2 Å². The van der Waals surface area contributed by atoms with E-state index >= 15 is 0 Å². The van der Waals surface area contributed by atoms with Crippen molar-refractivity contribution in [1.82, 2.24) is 4.90 Å². The molecule has 0 atom stereocenters. The molecule has 0 saturated heterocycles. The highest BCUT2D eigenvalue weighted by atomic mass is 35.5. The average molecular weight is 274 g/mol. The molecular formula is C14H21ClFNO. The lowest BCUT2D eigenvalue weighted by atomic mass is 10.1. The van der Waals surface area contributed by atoms with Crippen molar-refractivity contribution in [2.24, 2.45) is 0 Å². The Morgan fingerprint density at radius 3 is 2.50 bits per heavy atom. The van der Waals surface area contributed by atoms with E-state index in [1.54, 1.807) is 12.1 Å². The molecule has 1 aromatic rings. The van der Waals surface area contributed by atoms with E-state index in [1.807, 2.05) is 0 Å². The van der Waals surface area contributed by atoms with Gasteiger partial charge in [-0.3, -0.25) is 4.90 Å². The van der Waals surface area contributed by atoms with Crippen molar-refractivity contribution in [3.8, 4) is 0 Å². The van der Waals surface area contributed by atoms with Gasteiger partial charge in [0.15, 0.2) is 0 Å². The normalized spacial score (nSPS) is 11.5. The third kappa shape index (κ3) is 4.23. The second kappa shape index (κ2) is 7.72. The summed E-state index contributed by atoms with van der Waals surface area (Å²) in [4.78, 5) is 2.21. The Kier molecular flexibility index (Phi) is 6.61. The van der Waals surface area contributed by atoms with Crippen molar-refractivity contribution in [1.29, 1.82) is 0 Å². The van der Waals surface area contributed by atoms with Crippen LogP contribution < -0.4 is 0 Å². The zero-order valence-corrected chi connectivity index (χ0v) is 11.8. The number of benzene rings is 1. The SMILES string of the molecule is CCC(CC)N(CCO)Cc1ccc(F)c(Cl)c1. The second-order valence-electron chi connectivity index (χ2n) is 4.41. The van der Waals surface area contributed by atoms with Crippen LogP contribution in [0.3, 0.4) is 0 Å². The van der Waals surface area contributed by atoms with Gasteiger partial charge in [-0.2, -0.15) is 0 Å². The zero-order valence-electron chi connectivity index (χ0n) is 11.0. The Labute approximate surface area is 113 Å². The highest BCUT2D eigenvalue weighted by Crippen LogP contribution is 2.19. The predicted molar refractivity (Wildman–Crippen MR) is 73.3 cm³/mol. The van der Waals surface area contributed by atoms with Crippen LogP contribution in [0.5, 0.6) is 0 Å². The first-order valence-electron chi connectivity index (χ1n) is 6.41. The summed E-state index contributed by atoms with van der Waals surface area (Å²) in [6.45, 7) is 5.71. The Hall–Kier alpha value is -0.640. The van der Waals surface area contributed by atoms with Gasteiger partial charge in [-0.1, -0.05) is 31.5 Å². The maximum Gasteiger partial charge on any atom is 0.141 e. The van der Waals surface area contributed by atoms with Crippen LogP contribution in [-0.2, 0) is 6.54 Å². The van der Waals surface area contributed by atoms with E-state index in [0.717, 1.165) is 18.4 Å². The van der Waals surface area contributed by atoms with Gasteiger partial charge in [-0.25, -0.2) is 4.39 Å². The molecule has 0 spiro atoms. The van der Waals surface area contributed by atoms with Crippen LogP contribution in [0.1, 0.15) is 32.3 Å². The van der Waals surface area contributed by atoms with Crippen LogP contribution in [0, 0.1) is 5.82 Å². The van der Waals surface area contributed by atoms with Gasteiger partial charge in [-0.15, -0.1) is 0 Å². The summed E-state index contributed by atoms with van der Waals surface area (Å²) < 4.78 is 13.1. The van der Waals surface area contributed by atoms with Crippen LogP contribution in [0.25, 0.3) is 0 Å². The number of aliphatic hydroxyl groups excluding tert-OH is 1. The summed E-state index contributed by atoms with van der Waals surface area (Å²) in [5.41, 5.74) is 0.974. The minimum atomic E-state index is -0.392. The van der Waals surface area contributed by atoms with Crippen LogP contribution in [0.4, 0.5) is 4.39 Å². The predicted octanol–water partition coefficient (Wildman–Crippen LogP) is 3.46. The average Bonchev–Trinajstić information content (AvgIpc) is 2.35. The van der Waals surface area contributed by atoms with E-state index in [9.17, 15) is 4.39 Å². The van der Waals surface area contributed by atoms with Crippen molar-refractivity contribution in [2.45, 2.75) is 39.3 Å². The molecule has 0 aromatic heterocycles. The number of halogens is 2. The van der Waals surface area contributed by atoms with Gasteiger partial charge < -0.3 is 5.11 Å². The molecule has 0 saturated carbocycles. The molecule has 1 aromatic carbocycles. The molecule has 4 heteroatoms. The third-order valence-electron chi connectivity index (χ3n) is 3.22. The Bertz CT molecular complexity index is 369. The molecule has 0 aliphatic carbocycles. The third-order valence-corrected chi connectivity index (χ3v) is 3.51. The van der Waals surface area contributed by atoms with Crippen LogP contribution >= 0.6 is 11.6 Å². The first-order chi connectivity index (χ1) is 8.62. The molecule has 0 heterocycles. The quantitative estimate of drug-likeness (QED) is 0.822. The van der Waals surface area contributed by atoms with Gasteiger partial charge in [0.05, 0.1) is 11.6 Å². The van der Waals surface area contributed by atoms with Gasteiger partial charge in [0, 0.05) is 19.1 Å². The summed E-state index contributed by atoms with van der Waals surface area (Å²) in [6.07, 6.45) is 2.07. The highest BCUT2D eigenvalue weighted by Gasteiger charge is 2.15. The van der Waals surface area contributed by atoms with E-state index < -0.39 is 5.82 Å². The molecule has 0 aliphatic heterocycles. The largest absolute Gasteiger partial charge is 0.395 e. The molecule has 0 aliphatic rings. The van der Waals surface area contributed by atoms with Crippen LogP contribution in [-0.4, -0.2) is 29.2 Å². The summed E-state index contributed by atoms with van der Waals surface area (Å²) in [6, 6.07) is 5.22. The standard InChI is InChI=1S/C14H21ClFNO/c1-3-12(4-2)17(7-8-18)10-11-5-6-14(16)13(15)9-11/h5-6,9,12,18H,3-4,7-8,10H2,1-2H3. The minimum Gasteiger partial charge on any atom is -0.395 e. The molecule has 0 fully saturated rings. The van der Waals surface area contributed by atoms with Crippen LogP contribution in [0.2, 0.25) is 5.02 Å². The molecule has 1 N–H and O–H groups in total. The van der Waals surface area contributed by atoms with Gasteiger partial charge in [0.25, 0.3) is 0 Å². The maximum absolute atomic E-state index is 13.1. The number of hydrogen-bond donors (Lipinski definition) is 1. The number of nitrogens with zero attached hydrogens (tertiary/aromatic N) is 1.